The maximum Gasteiger partial charge on any atom is 0.314 e. The second-order valence-electron chi connectivity index (χ2n) is 6.18. The van der Waals surface area contributed by atoms with Gasteiger partial charge in [-0.2, -0.15) is 0 Å². The molecule has 1 aromatic heterocycles. The number of carbonyl (C=O) groups excluding carboxylic acids is 1. The van der Waals surface area contributed by atoms with Gasteiger partial charge in [-0.15, -0.1) is 11.3 Å². The second-order valence-corrected chi connectivity index (χ2v) is 7.18. The third-order valence-electron chi connectivity index (χ3n) is 4.46. The number of rotatable bonds is 7. The predicted molar refractivity (Wildman–Crippen MR) is 101 cm³/mol. The third kappa shape index (κ3) is 5.21. The van der Waals surface area contributed by atoms with E-state index < -0.39 is 0 Å². The van der Waals surface area contributed by atoms with Crippen molar-refractivity contribution in [3.05, 3.63) is 51.7 Å². The number of fused-ring (bicyclic) bond motifs is 1. The van der Waals surface area contributed by atoms with Crippen LogP contribution in [0.5, 0.6) is 5.75 Å². The van der Waals surface area contributed by atoms with Crippen LogP contribution >= 0.6 is 11.3 Å². The Hall–Kier alpha value is -2.05. The Bertz CT molecular complexity index is 684. The number of amides is 2. The molecule has 0 spiro atoms. The number of nitrogens with zero attached hydrogens (tertiary/aromatic N) is 1. The molecular formula is C19H25N3O2S. The zero-order valence-electron chi connectivity index (χ0n) is 14.6. The molecule has 2 amide bonds. The number of urea groups is 1. The smallest absolute Gasteiger partial charge is 0.314 e. The number of benzene rings is 1. The van der Waals surface area contributed by atoms with Crippen molar-refractivity contribution < 1.29 is 9.53 Å². The largest absolute Gasteiger partial charge is 0.497 e. The first-order valence-corrected chi connectivity index (χ1v) is 9.55. The van der Waals surface area contributed by atoms with E-state index in [0.717, 1.165) is 38.2 Å². The summed E-state index contributed by atoms with van der Waals surface area (Å²) in [6.07, 6.45) is 1.94. The maximum atomic E-state index is 11.9. The van der Waals surface area contributed by atoms with Crippen LogP contribution in [0.2, 0.25) is 0 Å². The molecule has 5 nitrogen and oxygen atoms in total. The molecule has 2 N–H and O–H groups in total. The average Bonchev–Trinajstić information content (AvgIpc) is 3.10. The van der Waals surface area contributed by atoms with E-state index >= 15 is 0 Å². The van der Waals surface area contributed by atoms with E-state index in [2.05, 4.69) is 27.0 Å². The normalized spacial score (nSPS) is 14.0. The highest BCUT2D eigenvalue weighted by atomic mass is 32.1. The molecule has 1 aliphatic heterocycles. The van der Waals surface area contributed by atoms with Gasteiger partial charge in [0.25, 0.3) is 0 Å². The number of nitrogens with one attached hydrogen (secondary N) is 2. The molecule has 0 radical (unpaired) electrons. The number of hydrogen-bond donors (Lipinski definition) is 2. The van der Waals surface area contributed by atoms with Crippen LogP contribution in [0.3, 0.4) is 0 Å². The lowest BCUT2D eigenvalue weighted by atomic mass is 10.1. The van der Waals surface area contributed by atoms with Crippen LogP contribution in [0, 0.1) is 0 Å². The zero-order valence-corrected chi connectivity index (χ0v) is 15.4. The maximum absolute atomic E-state index is 11.9. The lowest BCUT2D eigenvalue weighted by Crippen LogP contribution is -2.42. The SMILES string of the molecule is COc1ccc(CCNC(=O)NCCN2CCc3sccc3C2)cc1. The standard InChI is InChI=1S/C19H25N3O2S/c1-24-17-4-2-15(3-5-17)6-9-20-19(23)21-10-12-22-11-7-18-16(14-22)8-13-25-18/h2-5,8,13H,6-7,9-12,14H2,1H3,(H2,20,21,23). The Morgan fingerprint density at radius 1 is 1.20 bits per heavy atom. The molecule has 0 unspecified atom stereocenters. The van der Waals surface area contributed by atoms with Gasteiger partial charge in [-0.25, -0.2) is 4.79 Å². The first kappa shape index (κ1) is 17.8. The van der Waals surface area contributed by atoms with Crippen molar-refractivity contribution >= 4 is 17.4 Å². The topological polar surface area (TPSA) is 53.6 Å². The van der Waals surface area contributed by atoms with Gasteiger partial charge in [-0.05, 0) is 47.5 Å². The minimum absolute atomic E-state index is 0.0956. The molecule has 1 aromatic carbocycles. The van der Waals surface area contributed by atoms with Crippen LogP contribution in [-0.2, 0) is 19.4 Å². The average molecular weight is 359 g/mol. The van der Waals surface area contributed by atoms with Crippen molar-refractivity contribution in [2.45, 2.75) is 19.4 Å². The van der Waals surface area contributed by atoms with Crippen molar-refractivity contribution in [3.63, 3.8) is 0 Å². The van der Waals surface area contributed by atoms with Crippen LogP contribution in [0.4, 0.5) is 4.79 Å². The van der Waals surface area contributed by atoms with Gasteiger partial charge in [-0.1, -0.05) is 12.1 Å². The van der Waals surface area contributed by atoms with Crippen LogP contribution in [0.25, 0.3) is 0 Å². The number of carbonyl (C=O) groups is 1. The number of thiophene rings is 1. The fourth-order valence-electron chi connectivity index (χ4n) is 3.00. The first-order valence-electron chi connectivity index (χ1n) is 8.67. The Kier molecular flexibility index (Phi) is 6.30. The van der Waals surface area contributed by atoms with Crippen LogP contribution in [0.15, 0.2) is 35.7 Å². The number of methoxy groups -OCH3 is 1. The van der Waals surface area contributed by atoms with Gasteiger partial charge in [0.15, 0.2) is 0 Å². The lowest BCUT2D eigenvalue weighted by Gasteiger charge is -2.26. The minimum atomic E-state index is -0.0956. The highest BCUT2D eigenvalue weighted by Crippen LogP contribution is 2.23. The molecular weight excluding hydrogens is 334 g/mol. The van der Waals surface area contributed by atoms with Crippen LogP contribution in [0.1, 0.15) is 16.0 Å². The predicted octanol–water partition coefficient (Wildman–Crippen LogP) is 2.66. The molecule has 0 aliphatic carbocycles. The van der Waals surface area contributed by atoms with E-state index in [1.54, 1.807) is 7.11 Å². The fourth-order valence-corrected chi connectivity index (χ4v) is 3.89. The summed E-state index contributed by atoms with van der Waals surface area (Å²) in [5.74, 6) is 0.849. The van der Waals surface area contributed by atoms with E-state index in [1.165, 1.54) is 16.0 Å². The summed E-state index contributed by atoms with van der Waals surface area (Å²) < 4.78 is 5.14. The van der Waals surface area contributed by atoms with E-state index in [4.69, 9.17) is 4.74 Å². The van der Waals surface area contributed by atoms with Crippen molar-refractivity contribution in [2.24, 2.45) is 0 Å². The molecule has 25 heavy (non-hydrogen) atoms. The monoisotopic (exact) mass is 359 g/mol. The first-order chi connectivity index (χ1) is 12.2. The Labute approximate surface area is 153 Å². The quantitative estimate of drug-likeness (QED) is 0.799. The van der Waals surface area contributed by atoms with Crippen molar-refractivity contribution in [1.82, 2.24) is 15.5 Å². The Morgan fingerprint density at radius 2 is 2.00 bits per heavy atom. The van der Waals surface area contributed by atoms with Gasteiger partial charge in [0.05, 0.1) is 7.11 Å². The molecule has 0 saturated carbocycles. The zero-order chi connectivity index (χ0) is 17.5. The van der Waals surface area contributed by atoms with Crippen molar-refractivity contribution in [3.8, 4) is 5.75 Å². The Balaban J connectivity index is 1.29. The summed E-state index contributed by atoms with van der Waals surface area (Å²) in [7, 11) is 1.66. The molecule has 0 saturated heterocycles. The van der Waals surface area contributed by atoms with Gasteiger partial charge in [0, 0.05) is 37.6 Å². The van der Waals surface area contributed by atoms with Gasteiger partial charge in [-0.3, -0.25) is 4.90 Å². The fraction of sp³-hybridized carbons (Fsp3) is 0.421. The van der Waals surface area contributed by atoms with Gasteiger partial charge < -0.3 is 15.4 Å². The van der Waals surface area contributed by atoms with Crippen LogP contribution in [-0.4, -0.2) is 44.2 Å². The molecule has 0 fully saturated rings. The van der Waals surface area contributed by atoms with Gasteiger partial charge in [0.1, 0.15) is 5.75 Å². The number of ether oxygens (including phenoxy) is 1. The van der Waals surface area contributed by atoms with Crippen LogP contribution < -0.4 is 15.4 Å². The van der Waals surface area contributed by atoms with Crippen molar-refractivity contribution in [1.29, 1.82) is 0 Å². The third-order valence-corrected chi connectivity index (χ3v) is 5.48. The molecule has 1 aliphatic rings. The van der Waals surface area contributed by atoms with E-state index in [0.29, 0.717) is 13.1 Å². The molecule has 0 atom stereocenters. The summed E-state index contributed by atoms with van der Waals surface area (Å²) in [5.41, 5.74) is 2.63. The summed E-state index contributed by atoms with van der Waals surface area (Å²) in [4.78, 5) is 15.8. The molecule has 0 bridgehead atoms. The van der Waals surface area contributed by atoms with E-state index in [-0.39, 0.29) is 6.03 Å². The molecule has 134 valence electrons. The molecule has 3 rings (SSSR count). The molecule has 2 heterocycles. The van der Waals surface area contributed by atoms with E-state index in [1.807, 2.05) is 35.6 Å². The van der Waals surface area contributed by atoms with Crippen molar-refractivity contribution in [2.75, 3.05) is 33.3 Å². The highest BCUT2D eigenvalue weighted by molar-refractivity contribution is 7.10. The highest BCUT2D eigenvalue weighted by Gasteiger charge is 2.16. The number of hydrogen-bond acceptors (Lipinski definition) is 4. The summed E-state index contributed by atoms with van der Waals surface area (Å²) in [6, 6.07) is 10.0. The summed E-state index contributed by atoms with van der Waals surface area (Å²) in [5, 5.41) is 8.02. The second kappa shape index (κ2) is 8.87. The molecule has 2 aromatic rings. The summed E-state index contributed by atoms with van der Waals surface area (Å²) in [6.45, 7) is 4.27. The minimum Gasteiger partial charge on any atom is -0.497 e. The van der Waals surface area contributed by atoms with Gasteiger partial charge in [0.2, 0.25) is 0 Å². The van der Waals surface area contributed by atoms with Gasteiger partial charge >= 0.3 is 6.03 Å². The molecule has 6 heteroatoms. The Morgan fingerprint density at radius 3 is 2.80 bits per heavy atom. The van der Waals surface area contributed by atoms with E-state index in [9.17, 15) is 4.79 Å². The summed E-state index contributed by atoms with van der Waals surface area (Å²) >= 11 is 1.85. The lowest BCUT2D eigenvalue weighted by molar-refractivity contribution is 0.231.